The van der Waals surface area contributed by atoms with Crippen molar-refractivity contribution in [1.82, 2.24) is 15.3 Å². The molecule has 6 heteroatoms. The molecule has 2 aliphatic heterocycles. The van der Waals surface area contributed by atoms with Gasteiger partial charge in [-0.1, -0.05) is 0 Å². The van der Waals surface area contributed by atoms with Crippen LogP contribution in [-0.4, -0.2) is 34.5 Å². The van der Waals surface area contributed by atoms with Gasteiger partial charge in [0.15, 0.2) is 0 Å². The average Bonchev–Trinajstić information content (AvgIpc) is 2.97. The van der Waals surface area contributed by atoms with Crippen molar-refractivity contribution in [1.29, 1.82) is 0 Å². The lowest BCUT2D eigenvalue weighted by Gasteiger charge is -2.29. The van der Waals surface area contributed by atoms with E-state index in [1.807, 2.05) is 6.92 Å². The monoisotopic (exact) mass is 288 g/mol. The van der Waals surface area contributed by atoms with Crippen LogP contribution in [0.3, 0.4) is 0 Å². The third-order valence-electron chi connectivity index (χ3n) is 4.24. The number of amides is 1. The Balaban J connectivity index is 1.86. The Morgan fingerprint density at radius 3 is 3.10 bits per heavy atom. The molecule has 4 heterocycles. The minimum atomic E-state index is 0.162. The Labute approximate surface area is 121 Å². The zero-order valence-electron chi connectivity index (χ0n) is 11.3. The first kappa shape index (κ1) is 12.1. The van der Waals surface area contributed by atoms with E-state index in [2.05, 4.69) is 31.6 Å². The number of nitrogens with zero attached hydrogens (tertiary/aromatic N) is 3. The van der Waals surface area contributed by atoms with Gasteiger partial charge in [-0.25, -0.2) is 9.97 Å². The molecule has 4 rings (SSSR count). The number of carbonyl (C=O) groups excluding carboxylic acids is 1. The fourth-order valence-electron chi connectivity index (χ4n) is 3.37. The molecule has 1 N–H and O–H groups in total. The van der Waals surface area contributed by atoms with Gasteiger partial charge in [0.2, 0.25) is 5.91 Å². The topological polar surface area (TPSA) is 58.1 Å². The molecule has 0 aliphatic carbocycles. The largest absolute Gasteiger partial charge is 0.354 e. The molecule has 2 aromatic heterocycles. The fraction of sp³-hybridized carbons (Fsp3) is 0.500. The standard InChI is InChI=1S/C14H16N4OS/c1-8-16-13(11-4-5-20-14(11)17-8)18-9-2-3-10(18)7-15-12(19)6-9/h4-5,9-10H,2-3,6-7H2,1H3,(H,15,19)/t9-,10+/m1/s1. The Morgan fingerprint density at radius 2 is 2.20 bits per heavy atom. The molecule has 0 aromatic carbocycles. The summed E-state index contributed by atoms with van der Waals surface area (Å²) in [6, 6.07) is 2.73. The van der Waals surface area contributed by atoms with E-state index in [0.29, 0.717) is 12.5 Å². The molecule has 2 atom stereocenters. The molecule has 2 saturated heterocycles. The van der Waals surface area contributed by atoms with Gasteiger partial charge in [-0.15, -0.1) is 11.3 Å². The van der Waals surface area contributed by atoms with Gasteiger partial charge in [0.25, 0.3) is 0 Å². The van der Waals surface area contributed by atoms with Crippen LogP contribution < -0.4 is 10.2 Å². The summed E-state index contributed by atoms with van der Waals surface area (Å²) in [5, 5.41) is 6.19. The number of hydrogen-bond donors (Lipinski definition) is 1. The summed E-state index contributed by atoms with van der Waals surface area (Å²) < 4.78 is 0. The fourth-order valence-corrected chi connectivity index (χ4v) is 4.17. The van der Waals surface area contributed by atoms with E-state index >= 15 is 0 Å². The molecule has 2 aromatic rings. The first-order chi connectivity index (χ1) is 9.72. The minimum Gasteiger partial charge on any atom is -0.354 e. The number of aromatic nitrogens is 2. The van der Waals surface area contributed by atoms with Crippen LogP contribution in [0, 0.1) is 6.92 Å². The van der Waals surface area contributed by atoms with Crippen molar-refractivity contribution in [3.05, 3.63) is 17.3 Å². The Bertz CT molecular complexity index is 683. The van der Waals surface area contributed by atoms with E-state index in [-0.39, 0.29) is 11.9 Å². The summed E-state index contributed by atoms with van der Waals surface area (Å²) in [6.45, 7) is 2.66. The van der Waals surface area contributed by atoms with E-state index in [1.165, 1.54) is 0 Å². The van der Waals surface area contributed by atoms with Crippen LogP contribution in [-0.2, 0) is 4.79 Å². The lowest BCUT2D eigenvalue weighted by Crippen LogP contribution is -2.38. The maximum atomic E-state index is 11.8. The van der Waals surface area contributed by atoms with Gasteiger partial charge in [-0.3, -0.25) is 4.79 Å². The summed E-state index contributed by atoms with van der Waals surface area (Å²) in [6.07, 6.45) is 2.78. The summed E-state index contributed by atoms with van der Waals surface area (Å²) >= 11 is 1.65. The molecule has 20 heavy (non-hydrogen) atoms. The highest BCUT2D eigenvalue weighted by atomic mass is 32.1. The van der Waals surface area contributed by atoms with Crippen LogP contribution in [0.25, 0.3) is 10.2 Å². The van der Waals surface area contributed by atoms with Gasteiger partial charge < -0.3 is 10.2 Å². The maximum absolute atomic E-state index is 11.8. The average molecular weight is 288 g/mol. The first-order valence-corrected chi connectivity index (χ1v) is 7.87. The summed E-state index contributed by atoms with van der Waals surface area (Å²) in [7, 11) is 0. The smallest absolute Gasteiger partial charge is 0.222 e. The molecule has 0 spiro atoms. The lowest BCUT2D eigenvalue weighted by molar-refractivity contribution is -0.121. The van der Waals surface area contributed by atoms with Gasteiger partial charge in [0.05, 0.1) is 5.39 Å². The second-order valence-electron chi connectivity index (χ2n) is 5.53. The van der Waals surface area contributed by atoms with Crippen LogP contribution in [0.5, 0.6) is 0 Å². The minimum absolute atomic E-state index is 0.162. The quantitative estimate of drug-likeness (QED) is 0.870. The third-order valence-corrected chi connectivity index (χ3v) is 5.04. The predicted molar refractivity (Wildman–Crippen MR) is 79.1 cm³/mol. The van der Waals surface area contributed by atoms with Gasteiger partial charge >= 0.3 is 0 Å². The van der Waals surface area contributed by atoms with Crippen LogP contribution in [0.4, 0.5) is 5.82 Å². The van der Waals surface area contributed by atoms with E-state index < -0.39 is 0 Å². The highest BCUT2D eigenvalue weighted by molar-refractivity contribution is 7.16. The SMILES string of the molecule is Cc1nc(N2[C@@H]3CC[C@H]2CNC(=O)C3)c2ccsc2n1. The second-order valence-corrected chi connectivity index (χ2v) is 6.43. The van der Waals surface area contributed by atoms with Crippen LogP contribution in [0.2, 0.25) is 0 Å². The number of nitrogens with one attached hydrogen (secondary N) is 1. The van der Waals surface area contributed by atoms with E-state index in [1.54, 1.807) is 11.3 Å². The highest BCUT2D eigenvalue weighted by Crippen LogP contribution is 2.37. The van der Waals surface area contributed by atoms with Crippen molar-refractivity contribution in [3.8, 4) is 0 Å². The molecule has 5 nitrogen and oxygen atoms in total. The van der Waals surface area contributed by atoms with Crippen LogP contribution in [0.15, 0.2) is 11.4 Å². The number of fused-ring (bicyclic) bond motifs is 3. The van der Waals surface area contributed by atoms with Crippen molar-refractivity contribution in [2.24, 2.45) is 0 Å². The molecule has 2 aliphatic rings. The number of rotatable bonds is 1. The number of thiophene rings is 1. The molecular formula is C14H16N4OS. The zero-order chi connectivity index (χ0) is 13.7. The van der Waals surface area contributed by atoms with E-state index in [9.17, 15) is 4.79 Å². The van der Waals surface area contributed by atoms with Gasteiger partial charge in [0.1, 0.15) is 16.5 Å². The van der Waals surface area contributed by atoms with Crippen molar-refractivity contribution < 1.29 is 4.79 Å². The van der Waals surface area contributed by atoms with Crippen molar-refractivity contribution in [2.45, 2.75) is 38.3 Å². The normalized spacial score (nSPS) is 25.9. The predicted octanol–water partition coefficient (Wildman–Crippen LogP) is 1.86. The molecule has 0 saturated carbocycles. The Morgan fingerprint density at radius 1 is 1.35 bits per heavy atom. The van der Waals surface area contributed by atoms with Crippen molar-refractivity contribution in [2.75, 3.05) is 11.4 Å². The zero-order valence-corrected chi connectivity index (χ0v) is 12.1. The maximum Gasteiger partial charge on any atom is 0.222 e. The summed E-state index contributed by atoms with van der Waals surface area (Å²) in [5.41, 5.74) is 0. The van der Waals surface area contributed by atoms with Gasteiger partial charge in [-0.2, -0.15) is 0 Å². The number of hydrogen-bond acceptors (Lipinski definition) is 5. The second kappa shape index (κ2) is 4.41. The Hall–Kier alpha value is -1.69. The highest BCUT2D eigenvalue weighted by Gasteiger charge is 2.39. The molecular weight excluding hydrogens is 272 g/mol. The number of anilines is 1. The van der Waals surface area contributed by atoms with Crippen molar-refractivity contribution in [3.63, 3.8) is 0 Å². The van der Waals surface area contributed by atoms with E-state index in [0.717, 1.165) is 41.2 Å². The van der Waals surface area contributed by atoms with Crippen LogP contribution in [0.1, 0.15) is 25.1 Å². The Kier molecular flexibility index (Phi) is 2.66. The molecule has 1 amide bonds. The summed E-state index contributed by atoms with van der Waals surface area (Å²) in [4.78, 5) is 24.3. The van der Waals surface area contributed by atoms with E-state index in [4.69, 9.17) is 0 Å². The number of aryl methyl sites for hydroxylation is 1. The van der Waals surface area contributed by atoms with Crippen LogP contribution >= 0.6 is 11.3 Å². The lowest BCUT2D eigenvalue weighted by atomic mass is 10.1. The molecule has 2 fully saturated rings. The summed E-state index contributed by atoms with van der Waals surface area (Å²) in [5.74, 6) is 1.98. The first-order valence-electron chi connectivity index (χ1n) is 6.99. The van der Waals surface area contributed by atoms with Gasteiger partial charge in [0, 0.05) is 25.0 Å². The molecule has 0 unspecified atom stereocenters. The van der Waals surface area contributed by atoms with Crippen molar-refractivity contribution >= 4 is 33.3 Å². The third kappa shape index (κ3) is 1.78. The molecule has 2 bridgehead atoms. The number of carbonyl (C=O) groups is 1. The molecule has 104 valence electrons. The molecule has 0 radical (unpaired) electrons. The van der Waals surface area contributed by atoms with Gasteiger partial charge in [-0.05, 0) is 31.2 Å².